The first-order valence-corrected chi connectivity index (χ1v) is 32.1. The van der Waals surface area contributed by atoms with Crippen molar-refractivity contribution in [3.8, 4) is 0 Å². The zero-order chi connectivity index (χ0) is 40.6. The first-order valence-electron chi connectivity index (χ1n) is 18.0. The van der Waals surface area contributed by atoms with Crippen LogP contribution in [0.1, 0.15) is 40.2 Å². The van der Waals surface area contributed by atoms with Crippen LogP contribution in [0.25, 0.3) is 0 Å². The van der Waals surface area contributed by atoms with Gasteiger partial charge in [-0.1, -0.05) is 193 Å². The van der Waals surface area contributed by atoms with Crippen LogP contribution in [0, 0.1) is 0 Å². The molecule has 0 fully saturated rings. The van der Waals surface area contributed by atoms with Crippen LogP contribution in [0.2, 0.25) is 39.3 Å². The Bertz CT molecular complexity index is 1640. The number of hydrogen-bond donors (Lipinski definition) is 0. The van der Waals surface area contributed by atoms with E-state index in [1.165, 1.54) is 43.5 Å². The van der Waals surface area contributed by atoms with Gasteiger partial charge in [-0.05, 0) is 43.5 Å². The number of halogens is 3. The van der Waals surface area contributed by atoms with Crippen molar-refractivity contribution < 1.29 is 25.5 Å². The molecule has 0 amide bonds. The Labute approximate surface area is 336 Å². The first kappa shape index (κ1) is 52.5. The highest BCUT2D eigenvalue weighted by molar-refractivity contribution is 7.88. The normalized spacial score (nSPS) is 12.4. The maximum atomic E-state index is 12.2. The molecule has 0 bridgehead atoms. The molecule has 302 valence electrons. The van der Waals surface area contributed by atoms with Crippen molar-refractivity contribution in [2.45, 2.75) is 84.6 Å². The Morgan fingerprint density at radius 2 is 0.963 bits per heavy atom. The molecule has 3 unspecified atom stereocenters. The Balaban J connectivity index is 0.000000734. The van der Waals surface area contributed by atoms with Crippen molar-refractivity contribution in [2.75, 3.05) is 19.6 Å². The third-order valence-corrected chi connectivity index (χ3v) is 24.1. The summed E-state index contributed by atoms with van der Waals surface area (Å²) in [6.45, 7) is 27.3. The zero-order valence-electron chi connectivity index (χ0n) is 34.2. The summed E-state index contributed by atoms with van der Waals surface area (Å²) in [4.78, 5) is 2.38. The van der Waals surface area contributed by atoms with Crippen molar-refractivity contribution >= 4 is 76.3 Å². The van der Waals surface area contributed by atoms with Crippen molar-refractivity contribution in [1.82, 2.24) is 4.90 Å². The summed E-state index contributed by atoms with van der Waals surface area (Å²) in [5, 5.41) is 3.82. The predicted octanol–water partition coefficient (Wildman–Crippen LogP) is 10.1. The molecular weight excluding hydrogens is 809 g/mol. The van der Waals surface area contributed by atoms with Crippen LogP contribution in [-0.4, -0.2) is 62.3 Å². The maximum Gasteiger partial charge on any atom is 0.522 e. The largest absolute Gasteiger partial charge is 0.522 e. The van der Waals surface area contributed by atoms with Gasteiger partial charge in [0.25, 0.3) is 0 Å². The summed E-state index contributed by atoms with van der Waals surface area (Å²) >= 11 is 0. The van der Waals surface area contributed by atoms with E-state index in [9.17, 15) is 21.6 Å². The molecule has 14 heteroatoms. The molecule has 4 nitrogen and oxygen atoms in total. The number of nitrogens with zero attached hydrogens (tertiary/aromatic N) is 1. The van der Waals surface area contributed by atoms with E-state index in [0.717, 1.165) is 8.13 Å². The van der Waals surface area contributed by atoms with Gasteiger partial charge in [0.05, 0.1) is 0 Å². The average Bonchev–Trinajstić information content (AvgIpc) is 3.10. The third-order valence-electron chi connectivity index (χ3n) is 8.55. The van der Waals surface area contributed by atoms with Gasteiger partial charge in [0.15, 0.2) is 0 Å². The average molecular weight is 874 g/mol. The number of benzene rings is 4. The smallest absolute Gasteiger partial charge is 0.304 e. The van der Waals surface area contributed by atoms with Gasteiger partial charge in [-0.3, -0.25) is 0 Å². The molecule has 4 rings (SSSR count). The van der Waals surface area contributed by atoms with E-state index in [1.54, 1.807) is 35.5 Å². The summed E-state index contributed by atoms with van der Waals surface area (Å²) in [6.07, 6.45) is 0. The zero-order valence-corrected chi connectivity index (χ0v) is 41.6. The Morgan fingerprint density at radius 3 is 1.26 bits per heavy atom. The molecule has 0 aliphatic carbocycles. The van der Waals surface area contributed by atoms with E-state index in [1.807, 2.05) is 0 Å². The third kappa shape index (κ3) is 18.6. The summed E-state index contributed by atoms with van der Waals surface area (Å²) in [7, 11) is -7.21. The highest BCUT2D eigenvalue weighted by Crippen LogP contribution is 2.47. The van der Waals surface area contributed by atoms with Gasteiger partial charge >= 0.3 is 15.6 Å². The number of rotatable bonds is 11. The second kappa shape index (κ2) is 23.6. The van der Waals surface area contributed by atoms with E-state index in [0.29, 0.717) is 5.19 Å². The molecular formula is C40H65F3NO3P3SSi3. The lowest BCUT2D eigenvalue weighted by Crippen LogP contribution is -2.48. The Kier molecular flexibility index (Phi) is 23.0. The molecule has 0 aromatic heterocycles. The molecule has 0 aliphatic heterocycles. The Hall–Kier alpha value is -1.52. The molecule has 4 aromatic rings. The number of hydrogen-bond acceptors (Lipinski definition) is 4. The molecule has 0 N–H and O–H groups in total. The Morgan fingerprint density at radius 1 is 0.630 bits per heavy atom. The first-order chi connectivity index (χ1) is 24.4. The molecule has 0 spiro atoms. The lowest BCUT2D eigenvalue weighted by Gasteiger charge is -2.34. The summed E-state index contributed by atoms with van der Waals surface area (Å²) < 4.78 is 62.8. The van der Waals surface area contributed by atoms with Crippen molar-refractivity contribution in [3.05, 3.63) is 127 Å². The minimum atomic E-state index is -5.54. The topological polar surface area (TPSA) is 46.6 Å². The molecule has 0 saturated carbocycles. The predicted molar refractivity (Wildman–Crippen MR) is 249 cm³/mol. The molecule has 0 saturated heterocycles. The fourth-order valence-electron chi connectivity index (χ4n) is 5.38. The second-order valence-electron chi connectivity index (χ2n) is 14.7. The maximum absolute atomic E-state index is 12.2. The van der Waals surface area contributed by atoms with Crippen LogP contribution in [0.4, 0.5) is 13.2 Å². The van der Waals surface area contributed by atoms with Crippen LogP contribution in [0.5, 0.6) is 0 Å². The van der Waals surface area contributed by atoms with Crippen LogP contribution in [0.15, 0.2) is 121 Å². The molecule has 0 radical (unpaired) electrons. The van der Waals surface area contributed by atoms with Crippen LogP contribution in [-0.2, 0) is 19.1 Å². The van der Waals surface area contributed by atoms with E-state index in [2.05, 4.69) is 169 Å². The van der Waals surface area contributed by atoms with Gasteiger partial charge in [-0.15, -0.1) is 16.9 Å². The second-order valence-corrected chi connectivity index (χ2v) is 38.5. The van der Waals surface area contributed by atoms with E-state index in [-0.39, 0.29) is 15.1 Å². The van der Waals surface area contributed by atoms with E-state index >= 15 is 0 Å². The van der Waals surface area contributed by atoms with E-state index in [4.69, 9.17) is 0 Å². The molecule has 54 heavy (non-hydrogen) atoms. The van der Waals surface area contributed by atoms with Gasteiger partial charge in [0, 0.05) is 5.16 Å². The summed E-state index contributed by atoms with van der Waals surface area (Å²) in [5.41, 5.74) is -3.92. The standard InChI is InChI=1S/C17H23PSi.C9H11F3O3SSi.C8H13PSi.C6H15N.H3P/c1-17(2,15-11-7-5-8-12-15)18-19(3,4)16-13-9-6-10-14-16;1-17(2,8-6-4-3-5-7-8)15-16(13,14)9(10,11)12;1-10(2,9)8-6-4-3-5-7-8;1-4-7(5-2)6-3;/h5-14,18H,1-4H3;3-7H,1-2H3;3-7H,9H2,1-2H3;4-6H2,1-3H3;1H3. The highest BCUT2D eigenvalue weighted by Gasteiger charge is 2.50. The van der Waals surface area contributed by atoms with Gasteiger partial charge in [-0.25, -0.2) is 0 Å². The summed E-state index contributed by atoms with van der Waals surface area (Å²) in [6, 6.07) is 40.7. The minimum Gasteiger partial charge on any atom is -0.304 e. The van der Waals surface area contributed by atoms with Crippen LogP contribution in [0.3, 0.4) is 0 Å². The van der Waals surface area contributed by atoms with E-state index < -0.39 is 39.4 Å². The fraction of sp³-hybridized carbons (Fsp3) is 0.400. The molecule has 3 atom stereocenters. The number of alkyl halides is 3. The van der Waals surface area contributed by atoms with Crippen molar-refractivity contribution in [3.63, 3.8) is 0 Å². The lowest BCUT2D eigenvalue weighted by atomic mass is 10.0. The monoisotopic (exact) mass is 873 g/mol. The van der Waals surface area contributed by atoms with Crippen LogP contribution >= 0.6 is 26.8 Å². The van der Waals surface area contributed by atoms with Crippen molar-refractivity contribution in [2.24, 2.45) is 0 Å². The van der Waals surface area contributed by atoms with Gasteiger partial charge < -0.3 is 8.77 Å². The molecule has 0 aliphatic rings. The van der Waals surface area contributed by atoms with Crippen LogP contribution < -0.4 is 15.6 Å². The highest BCUT2D eigenvalue weighted by atomic mass is 32.2. The summed E-state index contributed by atoms with van der Waals surface area (Å²) in [5.74, 6) is 0. The fourth-order valence-corrected chi connectivity index (χ4v) is 20.1. The minimum absolute atomic E-state index is 0. The SMILES string of the molecule is CC(C)(P[Si](C)(C)c1ccccc1)c1ccccc1.CCN(CC)CC.C[Si](C)(OS(=O)(=O)C(F)(F)F)c1ccccc1.C[Si](C)(P)c1ccccc1.P. The molecule has 0 heterocycles. The van der Waals surface area contributed by atoms with Crippen molar-refractivity contribution in [1.29, 1.82) is 0 Å². The quantitative estimate of drug-likeness (QED) is 0.0856. The van der Waals surface area contributed by atoms with Gasteiger partial charge in [0.2, 0.25) is 8.32 Å². The molecule has 4 aromatic carbocycles. The van der Waals surface area contributed by atoms with Gasteiger partial charge in [0.1, 0.15) is 15.5 Å². The van der Waals surface area contributed by atoms with Gasteiger partial charge in [-0.2, -0.15) is 31.5 Å². The lowest BCUT2D eigenvalue weighted by molar-refractivity contribution is -0.0502.